The first-order valence-electron chi connectivity index (χ1n) is 8.97. The molecule has 4 rings (SSSR count). The molecular weight excluding hydrogens is 397 g/mol. The van der Waals surface area contributed by atoms with Gasteiger partial charge in [0.05, 0.1) is 41.8 Å². The molecule has 0 amide bonds. The van der Waals surface area contributed by atoms with Gasteiger partial charge in [-0.05, 0) is 31.2 Å². The van der Waals surface area contributed by atoms with E-state index < -0.39 is 15.8 Å². The standard InChI is InChI=1S/C20H20FN3O4S/c1-12-9-18-16(11-28-12)20(13-3-6-15(7-4-13)29(22,25)26)23-24(18)14-5-8-17(21)19(10-14)27-2/h3-8,10,12H,9,11H2,1-2H3,(H2,22,25,26)/t12-/m0/s1. The van der Waals surface area contributed by atoms with Crippen molar-refractivity contribution in [3.8, 4) is 22.7 Å². The maximum Gasteiger partial charge on any atom is 0.238 e. The van der Waals surface area contributed by atoms with Crippen molar-refractivity contribution in [3.63, 3.8) is 0 Å². The molecule has 29 heavy (non-hydrogen) atoms. The lowest BCUT2D eigenvalue weighted by molar-refractivity contribution is 0.0401. The van der Waals surface area contributed by atoms with Crippen molar-refractivity contribution in [2.45, 2.75) is 31.0 Å². The van der Waals surface area contributed by atoms with E-state index in [1.807, 2.05) is 6.92 Å². The number of fused-ring (bicyclic) bond motifs is 1. The molecule has 2 N–H and O–H groups in total. The van der Waals surface area contributed by atoms with Crippen LogP contribution in [0, 0.1) is 5.82 Å². The Morgan fingerprint density at radius 3 is 2.62 bits per heavy atom. The van der Waals surface area contributed by atoms with Gasteiger partial charge in [-0.2, -0.15) is 5.10 Å². The summed E-state index contributed by atoms with van der Waals surface area (Å²) in [6.45, 7) is 2.35. The van der Waals surface area contributed by atoms with Gasteiger partial charge >= 0.3 is 0 Å². The van der Waals surface area contributed by atoms with Crippen LogP contribution in [0.5, 0.6) is 5.75 Å². The second-order valence-electron chi connectivity index (χ2n) is 6.90. The summed E-state index contributed by atoms with van der Waals surface area (Å²) in [5.74, 6) is -0.321. The van der Waals surface area contributed by atoms with Crippen LogP contribution in [0.15, 0.2) is 47.4 Å². The number of benzene rings is 2. The monoisotopic (exact) mass is 417 g/mol. The number of hydrogen-bond donors (Lipinski definition) is 1. The first-order chi connectivity index (χ1) is 13.8. The second kappa shape index (κ2) is 7.25. The van der Waals surface area contributed by atoms with Crippen LogP contribution in [0.25, 0.3) is 16.9 Å². The van der Waals surface area contributed by atoms with Gasteiger partial charge in [0.25, 0.3) is 0 Å². The first kappa shape index (κ1) is 19.6. The number of aromatic nitrogens is 2. The van der Waals surface area contributed by atoms with E-state index in [4.69, 9.17) is 19.7 Å². The average molecular weight is 417 g/mol. The van der Waals surface area contributed by atoms with E-state index in [-0.39, 0.29) is 16.7 Å². The third-order valence-electron chi connectivity index (χ3n) is 4.92. The van der Waals surface area contributed by atoms with Crippen LogP contribution in [0.2, 0.25) is 0 Å². The highest BCUT2D eigenvalue weighted by molar-refractivity contribution is 7.89. The molecule has 1 atom stereocenters. The fourth-order valence-corrected chi connectivity index (χ4v) is 3.95. The summed E-state index contributed by atoms with van der Waals surface area (Å²) in [7, 11) is -2.36. The summed E-state index contributed by atoms with van der Waals surface area (Å²) in [5, 5.41) is 9.92. The van der Waals surface area contributed by atoms with Crippen molar-refractivity contribution in [2.75, 3.05) is 7.11 Å². The fourth-order valence-electron chi connectivity index (χ4n) is 3.43. The largest absolute Gasteiger partial charge is 0.494 e. The summed E-state index contributed by atoms with van der Waals surface area (Å²) in [6, 6.07) is 10.8. The molecule has 0 saturated heterocycles. The van der Waals surface area contributed by atoms with Crippen LogP contribution in [0.1, 0.15) is 18.2 Å². The molecule has 0 fully saturated rings. The van der Waals surface area contributed by atoms with E-state index in [0.29, 0.717) is 24.4 Å². The quantitative estimate of drug-likeness (QED) is 0.704. The van der Waals surface area contributed by atoms with Crippen LogP contribution >= 0.6 is 0 Å². The van der Waals surface area contributed by atoms with E-state index in [1.54, 1.807) is 28.9 Å². The van der Waals surface area contributed by atoms with Crippen molar-refractivity contribution in [3.05, 3.63) is 59.5 Å². The highest BCUT2D eigenvalue weighted by Crippen LogP contribution is 2.33. The fraction of sp³-hybridized carbons (Fsp3) is 0.250. The molecule has 1 aromatic heterocycles. The van der Waals surface area contributed by atoms with Crippen LogP contribution in [0.3, 0.4) is 0 Å². The van der Waals surface area contributed by atoms with Crippen molar-refractivity contribution in [1.29, 1.82) is 0 Å². The average Bonchev–Trinajstić information content (AvgIpc) is 3.06. The Hall–Kier alpha value is -2.75. The van der Waals surface area contributed by atoms with E-state index in [2.05, 4.69) is 0 Å². The number of rotatable bonds is 4. The van der Waals surface area contributed by atoms with Gasteiger partial charge in [0, 0.05) is 23.6 Å². The molecule has 0 unspecified atom stereocenters. The van der Waals surface area contributed by atoms with Gasteiger partial charge in [0.15, 0.2) is 11.6 Å². The lowest BCUT2D eigenvalue weighted by Crippen LogP contribution is -2.21. The number of halogens is 1. The molecule has 0 spiro atoms. The number of sulfonamides is 1. The van der Waals surface area contributed by atoms with Crippen LogP contribution < -0.4 is 9.88 Å². The number of primary sulfonamides is 1. The number of ether oxygens (including phenoxy) is 2. The number of methoxy groups -OCH3 is 1. The van der Waals surface area contributed by atoms with Gasteiger partial charge < -0.3 is 9.47 Å². The smallest absolute Gasteiger partial charge is 0.238 e. The summed E-state index contributed by atoms with van der Waals surface area (Å²) < 4.78 is 49.6. The highest BCUT2D eigenvalue weighted by atomic mass is 32.2. The van der Waals surface area contributed by atoms with Crippen LogP contribution in [0.4, 0.5) is 4.39 Å². The van der Waals surface area contributed by atoms with Crippen molar-refractivity contribution >= 4 is 10.0 Å². The van der Waals surface area contributed by atoms with Gasteiger partial charge in [-0.1, -0.05) is 12.1 Å². The molecule has 0 radical (unpaired) electrons. The molecule has 0 aliphatic carbocycles. The minimum atomic E-state index is -3.78. The summed E-state index contributed by atoms with van der Waals surface area (Å²) in [5.41, 5.74) is 3.95. The van der Waals surface area contributed by atoms with Gasteiger partial charge in [-0.25, -0.2) is 22.6 Å². The zero-order valence-corrected chi connectivity index (χ0v) is 16.7. The van der Waals surface area contributed by atoms with Crippen LogP contribution in [-0.4, -0.2) is 31.4 Å². The minimum Gasteiger partial charge on any atom is -0.494 e. The summed E-state index contributed by atoms with van der Waals surface area (Å²) in [6.07, 6.45) is 0.648. The topological polar surface area (TPSA) is 96.4 Å². The van der Waals surface area contributed by atoms with Crippen molar-refractivity contribution < 1.29 is 22.3 Å². The summed E-state index contributed by atoms with van der Waals surface area (Å²) >= 11 is 0. The third-order valence-corrected chi connectivity index (χ3v) is 5.85. The number of nitrogens with zero attached hydrogens (tertiary/aromatic N) is 2. The molecular formula is C20H20FN3O4S. The van der Waals surface area contributed by atoms with E-state index in [0.717, 1.165) is 16.8 Å². The lowest BCUT2D eigenvalue weighted by atomic mass is 10.0. The Kier molecular flexibility index (Phi) is 4.89. The molecule has 1 aliphatic rings. The molecule has 0 saturated carbocycles. The van der Waals surface area contributed by atoms with E-state index in [1.165, 1.54) is 25.3 Å². The Morgan fingerprint density at radius 1 is 1.24 bits per heavy atom. The van der Waals surface area contributed by atoms with Gasteiger partial charge in [-0.15, -0.1) is 0 Å². The van der Waals surface area contributed by atoms with Crippen LogP contribution in [-0.2, 0) is 27.8 Å². The molecule has 152 valence electrons. The second-order valence-corrected chi connectivity index (χ2v) is 8.46. The molecule has 0 bridgehead atoms. The normalized spacial score (nSPS) is 16.5. The minimum absolute atomic E-state index is 0.0119. The van der Waals surface area contributed by atoms with E-state index >= 15 is 0 Å². The predicted molar refractivity (Wildman–Crippen MR) is 105 cm³/mol. The Labute approximate surface area is 167 Å². The first-order valence-corrected chi connectivity index (χ1v) is 10.5. The number of hydrogen-bond acceptors (Lipinski definition) is 5. The maximum atomic E-state index is 13.9. The SMILES string of the molecule is COc1cc(-n2nc(-c3ccc(S(N)(=O)=O)cc3)c3c2C[C@H](C)OC3)ccc1F. The van der Waals surface area contributed by atoms with E-state index in [9.17, 15) is 12.8 Å². The highest BCUT2D eigenvalue weighted by Gasteiger charge is 2.26. The molecule has 3 aromatic rings. The Morgan fingerprint density at radius 2 is 1.97 bits per heavy atom. The lowest BCUT2D eigenvalue weighted by Gasteiger charge is -2.21. The molecule has 2 aromatic carbocycles. The molecule has 9 heteroatoms. The van der Waals surface area contributed by atoms with Gasteiger partial charge in [-0.3, -0.25) is 0 Å². The Balaban J connectivity index is 1.85. The van der Waals surface area contributed by atoms with Crippen molar-refractivity contribution in [2.24, 2.45) is 5.14 Å². The predicted octanol–water partition coefficient (Wildman–Crippen LogP) is 2.80. The molecule has 7 nitrogen and oxygen atoms in total. The zero-order valence-electron chi connectivity index (χ0n) is 15.9. The Bertz CT molecular complexity index is 1170. The van der Waals surface area contributed by atoms with Gasteiger partial charge in [0.1, 0.15) is 0 Å². The third kappa shape index (κ3) is 3.64. The summed E-state index contributed by atoms with van der Waals surface area (Å²) in [4.78, 5) is 0.0303. The van der Waals surface area contributed by atoms with Gasteiger partial charge in [0.2, 0.25) is 10.0 Å². The molecule has 2 heterocycles. The molecule has 1 aliphatic heterocycles. The van der Waals surface area contributed by atoms with Crippen molar-refractivity contribution in [1.82, 2.24) is 9.78 Å². The number of nitrogens with two attached hydrogens (primary N) is 1. The zero-order chi connectivity index (χ0) is 20.8. The maximum absolute atomic E-state index is 13.9.